The molecule has 0 aliphatic carbocycles. The molecule has 25 heavy (non-hydrogen) atoms. The molecule has 0 bridgehead atoms. The molecule has 0 aliphatic heterocycles. The van der Waals surface area contributed by atoms with Gasteiger partial charge in [0.25, 0.3) is 0 Å². The lowest BCUT2D eigenvalue weighted by molar-refractivity contribution is 0.271. The number of rotatable bonds is 8. The molecule has 0 saturated carbocycles. The summed E-state index contributed by atoms with van der Waals surface area (Å²) in [5.41, 5.74) is 1.19. The summed E-state index contributed by atoms with van der Waals surface area (Å²) in [7, 11) is 1.78. The van der Waals surface area contributed by atoms with Gasteiger partial charge in [0.05, 0.1) is 18.9 Å². The first-order valence-corrected chi connectivity index (χ1v) is 8.80. The lowest BCUT2D eigenvalue weighted by Crippen LogP contribution is -2.39. The van der Waals surface area contributed by atoms with E-state index in [0.29, 0.717) is 5.92 Å². The molecule has 5 nitrogen and oxygen atoms in total. The van der Waals surface area contributed by atoms with E-state index >= 15 is 0 Å². The monoisotopic (exact) mass is 343 g/mol. The van der Waals surface area contributed by atoms with E-state index in [9.17, 15) is 0 Å². The number of furan rings is 1. The average Bonchev–Trinajstić information content (AvgIpc) is 3.12. The zero-order valence-corrected chi connectivity index (χ0v) is 15.6. The van der Waals surface area contributed by atoms with Crippen LogP contribution in [0.3, 0.4) is 0 Å². The van der Waals surface area contributed by atoms with E-state index in [4.69, 9.17) is 9.15 Å². The minimum atomic E-state index is 0.147. The third kappa shape index (κ3) is 6.53. The Morgan fingerprint density at radius 3 is 2.52 bits per heavy atom. The summed E-state index contributed by atoms with van der Waals surface area (Å²) in [6.45, 7) is 7.90. The van der Waals surface area contributed by atoms with Crippen molar-refractivity contribution in [3.05, 3.63) is 54.0 Å². The number of hydrogen-bond acceptors (Lipinski definition) is 3. The van der Waals surface area contributed by atoms with E-state index in [1.165, 1.54) is 5.56 Å². The van der Waals surface area contributed by atoms with Crippen molar-refractivity contribution in [3.63, 3.8) is 0 Å². The van der Waals surface area contributed by atoms with Crippen molar-refractivity contribution in [2.75, 3.05) is 20.2 Å². The Hall–Kier alpha value is -2.43. The van der Waals surface area contributed by atoms with Gasteiger partial charge in [-0.1, -0.05) is 26.0 Å². The number of nitrogens with one attached hydrogen (secondary N) is 2. The number of nitrogens with zero attached hydrogens (tertiary/aromatic N) is 1. The maximum Gasteiger partial charge on any atom is 0.191 e. The first-order chi connectivity index (χ1) is 12.1. The molecule has 2 N–H and O–H groups in total. The second kappa shape index (κ2) is 9.77. The van der Waals surface area contributed by atoms with E-state index in [-0.39, 0.29) is 6.04 Å². The molecule has 0 aliphatic rings. The highest BCUT2D eigenvalue weighted by Gasteiger charge is 2.08. The molecule has 0 spiro atoms. The Kier molecular flexibility index (Phi) is 7.38. The SMILES string of the molecule is CN=C(NCCc1ccco1)NC(C)c1ccc(OCC(C)C)cc1. The molecule has 0 radical (unpaired) electrons. The first-order valence-electron chi connectivity index (χ1n) is 8.80. The Morgan fingerprint density at radius 2 is 1.92 bits per heavy atom. The van der Waals surface area contributed by atoms with Crippen molar-refractivity contribution in [1.82, 2.24) is 10.6 Å². The zero-order valence-electron chi connectivity index (χ0n) is 15.6. The van der Waals surface area contributed by atoms with Crippen molar-refractivity contribution in [2.24, 2.45) is 10.9 Å². The van der Waals surface area contributed by atoms with Crippen molar-refractivity contribution in [1.29, 1.82) is 0 Å². The highest BCUT2D eigenvalue weighted by Crippen LogP contribution is 2.18. The van der Waals surface area contributed by atoms with E-state index < -0.39 is 0 Å². The molecule has 2 rings (SSSR count). The molecular formula is C20H29N3O2. The summed E-state index contributed by atoms with van der Waals surface area (Å²) < 4.78 is 11.1. The standard InChI is InChI=1S/C20H29N3O2/c1-15(2)14-25-19-9-7-17(8-10-19)16(3)23-20(21-4)22-12-11-18-6-5-13-24-18/h5-10,13,15-16H,11-12,14H2,1-4H3,(H2,21,22,23). The van der Waals surface area contributed by atoms with Crippen LogP contribution in [0.4, 0.5) is 0 Å². The van der Waals surface area contributed by atoms with Crippen LogP contribution in [-0.2, 0) is 6.42 Å². The van der Waals surface area contributed by atoms with Crippen LogP contribution in [0.2, 0.25) is 0 Å². The lowest BCUT2D eigenvalue weighted by atomic mass is 10.1. The van der Waals surface area contributed by atoms with E-state index in [1.807, 2.05) is 24.3 Å². The largest absolute Gasteiger partial charge is 0.493 e. The molecular weight excluding hydrogens is 314 g/mol. The number of ether oxygens (including phenoxy) is 1. The van der Waals surface area contributed by atoms with Crippen LogP contribution >= 0.6 is 0 Å². The number of guanidine groups is 1. The highest BCUT2D eigenvalue weighted by molar-refractivity contribution is 5.80. The Labute approximate surface area is 150 Å². The molecule has 5 heteroatoms. The summed E-state index contributed by atoms with van der Waals surface area (Å²) in [6, 6.07) is 12.2. The molecule has 0 saturated heterocycles. The van der Waals surface area contributed by atoms with Crippen molar-refractivity contribution < 1.29 is 9.15 Å². The topological polar surface area (TPSA) is 58.8 Å². The maximum atomic E-state index is 5.73. The first kappa shape index (κ1) is 18.9. The molecule has 0 fully saturated rings. The number of aliphatic imine (C=N–C) groups is 1. The smallest absolute Gasteiger partial charge is 0.191 e. The van der Waals surface area contributed by atoms with Gasteiger partial charge in [0.2, 0.25) is 0 Å². The molecule has 1 unspecified atom stereocenters. The summed E-state index contributed by atoms with van der Waals surface area (Å²) in [5.74, 6) is 3.17. The van der Waals surface area contributed by atoms with Crippen LogP contribution in [0.1, 0.15) is 38.1 Å². The second-order valence-corrected chi connectivity index (χ2v) is 6.47. The summed E-state index contributed by atoms with van der Waals surface area (Å²) in [5, 5.41) is 6.71. The minimum absolute atomic E-state index is 0.147. The van der Waals surface area contributed by atoms with Gasteiger partial charge >= 0.3 is 0 Å². The fourth-order valence-electron chi connectivity index (χ4n) is 2.36. The van der Waals surface area contributed by atoms with Gasteiger partial charge in [0.15, 0.2) is 5.96 Å². The number of benzene rings is 1. The van der Waals surface area contributed by atoms with Gasteiger partial charge in [-0.3, -0.25) is 4.99 Å². The van der Waals surface area contributed by atoms with Gasteiger partial charge in [-0.15, -0.1) is 0 Å². The van der Waals surface area contributed by atoms with Gasteiger partial charge in [0.1, 0.15) is 11.5 Å². The molecule has 1 aromatic carbocycles. The molecule has 0 amide bonds. The molecule has 1 atom stereocenters. The van der Waals surface area contributed by atoms with Crippen LogP contribution in [0.25, 0.3) is 0 Å². The summed E-state index contributed by atoms with van der Waals surface area (Å²) in [6.07, 6.45) is 2.52. The third-order valence-electron chi connectivity index (χ3n) is 3.78. The Morgan fingerprint density at radius 1 is 1.16 bits per heavy atom. The predicted octanol–water partition coefficient (Wildman–Crippen LogP) is 3.78. The predicted molar refractivity (Wildman–Crippen MR) is 102 cm³/mol. The highest BCUT2D eigenvalue weighted by atomic mass is 16.5. The molecule has 136 valence electrons. The van der Waals surface area contributed by atoms with Gasteiger partial charge in [-0.25, -0.2) is 0 Å². The minimum Gasteiger partial charge on any atom is -0.493 e. The van der Waals surface area contributed by atoms with Crippen molar-refractivity contribution in [3.8, 4) is 5.75 Å². The maximum absolute atomic E-state index is 5.73. The Bertz CT molecular complexity index is 633. The average molecular weight is 343 g/mol. The fourth-order valence-corrected chi connectivity index (χ4v) is 2.36. The van der Waals surface area contributed by atoms with Crippen LogP contribution in [0.15, 0.2) is 52.1 Å². The van der Waals surface area contributed by atoms with Crippen LogP contribution in [0, 0.1) is 5.92 Å². The van der Waals surface area contributed by atoms with Gasteiger partial charge in [-0.05, 0) is 42.7 Å². The van der Waals surface area contributed by atoms with E-state index in [0.717, 1.165) is 37.0 Å². The van der Waals surface area contributed by atoms with Crippen molar-refractivity contribution in [2.45, 2.75) is 33.2 Å². The fraction of sp³-hybridized carbons (Fsp3) is 0.450. The quantitative estimate of drug-likeness (QED) is 0.566. The molecule has 1 heterocycles. The van der Waals surface area contributed by atoms with Crippen LogP contribution < -0.4 is 15.4 Å². The Balaban J connectivity index is 1.81. The summed E-state index contributed by atoms with van der Waals surface area (Å²) in [4.78, 5) is 4.28. The lowest BCUT2D eigenvalue weighted by Gasteiger charge is -2.18. The van der Waals surface area contributed by atoms with Gasteiger partial charge < -0.3 is 19.8 Å². The van der Waals surface area contributed by atoms with Crippen LogP contribution in [-0.4, -0.2) is 26.2 Å². The van der Waals surface area contributed by atoms with Crippen molar-refractivity contribution >= 4 is 5.96 Å². The van der Waals surface area contributed by atoms with Crippen LogP contribution in [0.5, 0.6) is 5.75 Å². The third-order valence-corrected chi connectivity index (χ3v) is 3.78. The molecule has 1 aromatic heterocycles. The normalized spacial score (nSPS) is 12.9. The zero-order chi connectivity index (χ0) is 18.1. The molecule has 2 aromatic rings. The number of hydrogen-bond donors (Lipinski definition) is 2. The van der Waals surface area contributed by atoms with Gasteiger partial charge in [0, 0.05) is 20.0 Å². The van der Waals surface area contributed by atoms with Gasteiger partial charge in [-0.2, -0.15) is 0 Å². The second-order valence-electron chi connectivity index (χ2n) is 6.47. The summed E-state index contributed by atoms with van der Waals surface area (Å²) >= 11 is 0. The van der Waals surface area contributed by atoms with E-state index in [2.05, 4.69) is 48.5 Å². The van der Waals surface area contributed by atoms with E-state index in [1.54, 1.807) is 13.3 Å².